The summed E-state index contributed by atoms with van der Waals surface area (Å²) in [6.07, 6.45) is -1.81. The van der Waals surface area contributed by atoms with Gasteiger partial charge in [-0.2, -0.15) is 0 Å². The number of hydrogen-bond donors (Lipinski definition) is 1. The molecule has 0 atom stereocenters. The van der Waals surface area contributed by atoms with E-state index in [2.05, 4.69) is 9.72 Å². The van der Waals surface area contributed by atoms with Crippen molar-refractivity contribution in [1.82, 2.24) is 4.98 Å². The average molecular weight is 221 g/mol. The summed E-state index contributed by atoms with van der Waals surface area (Å²) in [5, 5.41) is 8.50. The third-order valence-electron chi connectivity index (χ3n) is 1.43. The van der Waals surface area contributed by atoms with Crippen LogP contribution in [-0.2, 0) is 0 Å². The first-order valence-corrected chi connectivity index (χ1v) is 3.81. The Kier molecular flexibility index (Phi) is 3.48. The number of nitrogens with zero attached hydrogens (tertiary/aromatic N) is 1. The molecule has 0 saturated carbocycles. The minimum atomic E-state index is -2.78. The van der Waals surface area contributed by atoms with E-state index in [9.17, 15) is 18.0 Å². The van der Waals surface area contributed by atoms with E-state index in [0.717, 1.165) is 12.3 Å². The number of aromatic nitrogens is 1. The van der Waals surface area contributed by atoms with Gasteiger partial charge in [0, 0.05) is 6.20 Å². The second-order valence-electron chi connectivity index (χ2n) is 2.48. The van der Waals surface area contributed by atoms with Crippen molar-refractivity contribution < 1.29 is 27.8 Å². The molecular formula is C8H6F3NO3. The van der Waals surface area contributed by atoms with E-state index in [1.165, 1.54) is 0 Å². The van der Waals surface area contributed by atoms with Crippen LogP contribution in [0.4, 0.5) is 13.2 Å². The average Bonchev–Trinajstić information content (AvgIpc) is 2.15. The number of halogens is 3. The van der Waals surface area contributed by atoms with Gasteiger partial charge < -0.3 is 9.84 Å². The molecule has 0 spiro atoms. The van der Waals surface area contributed by atoms with Gasteiger partial charge in [0.15, 0.2) is 12.4 Å². The number of carboxylic acids is 1. The molecule has 1 N–H and O–H groups in total. The van der Waals surface area contributed by atoms with E-state index < -0.39 is 36.3 Å². The van der Waals surface area contributed by atoms with Crippen LogP contribution in [0.15, 0.2) is 12.3 Å². The fraction of sp³-hybridized carbons (Fsp3) is 0.250. The lowest BCUT2D eigenvalue weighted by Gasteiger charge is -2.06. The summed E-state index contributed by atoms with van der Waals surface area (Å²) in [7, 11) is 0. The van der Waals surface area contributed by atoms with Crippen molar-refractivity contribution in [3.8, 4) is 5.88 Å². The first kappa shape index (κ1) is 11.3. The van der Waals surface area contributed by atoms with Gasteiger partial charge in [-0.1, -0.05) is 0 Å². The topological polar surface area (TPSA) is 59.4 Å². The Bertz CT molecular complexity index is 370. The van der Waals surface area contributed by atoms with E-state index in [1.54, 1.807) is 0 Å². The molecule has 0 radical (unpaired) electrons. The molecule has 0 unspecified atom stereocenters. The van der Waals surface area contributed by atoms with Crippen LogP contribution in [0.5, 0.6) is 5.88 Å². The molecule has 0 bridgehead atoms. The van der Waals surface area contributed by atoms with Gasteiger partial charge in [-0.05, 0) is 6.07 Å². The van der Waals surface area contributed by atoms with E-state index in [0.29, 0.717) is 0 Å². The second-order valence-corrected chi connectivity index (χ2v) is 2.48. The lowest BCUT2D eigenvalue weighted by Crippen LogP contribution is -2.11. The minimum absolute atomic E-state index is 0.672. The molecule has 0 aliphatic rings. The van der Waals surface area contributed by atoms with E-state index in [-0.39, 0.29) is 0 Å². The standard InChI is InChI=1S/C8H6F3NO3/c9-5(10)3-15-7-6(11)4(8(13)14)1-2-12-7/h1-2,5H,3H2,(H,13,14). The van der Waals surface area contributed by atoms with E-state index in [1.807, 2.05) is 0 Å². The quantitative estimate of drug-likeness (QED) is 0.838. The molecule has 82 valence electrons. The van der Waals surface area contributed by atoms with Crippen LogP contribution < -0.4 is 4.74 Å². The number of alkyl halides is 2. The molecule has 0 fully saturated rings. The first-order valence-electron chi connectivity index (χ1n) is 3.81. The highest BCUT2D eigenvalue weighted by molar-refractivity contribution is 5.88. The smallest absolute Gasteiger partial charge is 0.338 e. The van der Waals surface area contributed by atoms with Crippen molar-refractivity contribution in [1.29, 1.82) is 0 Å². The Hall–Kier alpha value is -1.79. The monoisotopic (exact) mass is 221 g/mol. The Balaban J connectivity index is 2.89. The third-order valence-corrected chi connectivity index (χ3v) is 1.43. The zero-order chi connectivity index (χ0) is 11.4. The Morgan fingerprint density at radius 1 is 1.60 bits per heavy atom. The summed E-state index contributed by atoms with van der Waals surface area (Å²) in [5.74, 6) is -3.52. The van der Waals surface area contributed by atoms with Gasteiger partial charge in [0.2, 0.25) is 0 Å². The molecule has 0 amide bonds. The molecule has 1 rings (SSSR count). The number of aromatic carboxylic acids is 1. The maximum Gasteiger partial charge on any atom is 0.338 e. The number of carbonyl (C=O) groups is 1. The number of rotatable bonds is 4. The highest BCUT2D eigenvalue weighted by Gasteiger charge is 2.17. The fourth-order valence-corrected chi connectivity index (χ4v) is 0.832. The van der Waals surface area contributed by atoms with Crippen molar-refractivity contribution in [2.75, 3.05) is 6.61 Å². The maximum absolute atomic E-state index is 13.2. The molecule has 0 aliphatic heterocycles. The lowest BCUT2D eigenvalue weighted by molar-refractivity contribution is 0.0683. The van der Waals surface area contributed by atoms with Gasteiger partial charge in [0.1, 0.15) is 5.56 Å². The van der Waals surface area contributed by atoms with E-state index >= 15 is 0 Å². The van der Waals surface area contributed by atoms with Gasteiger partial charge in [0.25, 0.3) is 12.3 Å². The normalized spacial score (nSPS) is 10.4. The molecular weight excluding hydrogens is 215 g/mol. The highest BCUT2D eigenvalue weighted by atomic mass is 19.3. The third kappa shape index (κ3) is 2.83. The zero-order valence-corrected chi connectivity index (χ0v) is 7.28. The Morgan fingerprint density at radius 3 is 2.80 bits per heavy atom. The predicted octanol–water partition coefficient (Wildman–Crippen LogP) is 1.56. The number of pyridine rings is 1. The summed E-state index contributed by atoms with van der Waals surface area (Å²) < 4.78 is 40.9. The van der Waals surface area contributed by atoms with Crippen LogP contribution in [0.2, 0.25) is 0 Å². The fourth-order valence-electron chi connectivity index (χ4n) is 0.832. The van der Waals surface area contributed by atoms with Crippen LogP contribution in [0.3, 0.4) is 0 Å². The molecule has 1 heterocycles. The Morgan fingerprint density at radius 2 is 2.27 bits per heavy atom. The number of hydrogen-bond acceptors (Lipinski definition) is 3. The number of carboxylic acid groups (broad SMARTS) is 1. The van der Waals surface area contributed by atoms with Crippen molar-refractivity contribution in [3.05, 3.63) is 23.6 Å². The van der Waals surface area contributed by atoms with Crippen LogP contribution in [0.25, 0.3) is 0 Å². The van der Waals surface area contributed by atoms with Gasteiger partial charge in [-0.25, -0.2) is 22.9 Å². The van der Waals surface area contributed by atoms with Gasteiger partial charge in [-0.15, -0.1) is 0 Å². The molecule has 1 aromatic rings. The Labute approximate surface area is 82.3 Å². The van der Waals surface area contributed by atoms with Gasteiger partial charge in [0.05, 0.1) is 0 Å². The number of ether oxygens (including phenoxy) is 1. The molecule has 0 aromatic carbocycles. The SMILES string of the molecule is O=C(O)c1ccnc(OCC(F)F)c1F. The second kappa shape index (κ2) is 4.63. The molecule has 0 aliphatic carbocycles. The predicted molar refractivity (Wildman–Crippen MR) is 42.7 cm³/mol. The van der Waals surface area contributed by atoms with Crippen molar-refractivity contribution in [2.24, 2.45) is 0 Å². The van der Waals surface area contributed by atoms with Crippen LogP contribution in [0, 0.1) is 5.82 Å². The summed E-state index contributed by atoms with van der Waals surface area (Å²) in [6.45, 7) is -1.03. The summed E-state index contributed by atoms with van der Waals surface area (Å²) >= 11 is 0. The zero-order valence-electron chi connectivity index (χ0n) is 7.28. The van der Waals surface area contributed by atoms with Gasteiger partial charge >= 0.3 is 5.97 Å². The largest absolute Gasteiger partial charge is 0.478 e. The maximum atomic E-state index is 13.2. The van der Waals surface area contributed by atoms with Crippen LogP contribution >= 0.6 is 0 Å². The van der Waals surface area contributed by atoms with E-state index in [4.69, 9.17) is 5.11 Å². The molecule has 0 saturated heterocycles. The summed E-state index contributed by atoms with van der Waals surface area (Å²) in [5.41, 5.74) is -0.672. The molecule has 4 nitrogen and oxygen atoms in total. The highest BCUT2D eigenvalue weighted by Crippen LogP contribution is 2.17. The van der Waals surface area contributed by atoms with Crippen molar-refractivity contribution in [2.45, 2.75) is 6.43 Å². The molecule has 1 aromatic heterocycles. The van der Waals surface area contributed by atoms with Gasteiger partial charge in [-0.3, -0.25) is 0 Å². The molecule has 7 heteroatoms. The minimum Gasteiger partial charge on any atom is -0.478 e. The lowest BCUT2D eigenvalue weighted by atomic mass is 10.2. The van der Waals surface area contributed by atoms with Crippen molar-refractivity contribution >= 4 is 5.97 Å². The summed E-state index contributed by atoms with van der Waals surface area (Å²) in [6, 6.07) is 0.910. The summed E-state index contributed by atoms with van der Waals surface area (Å²) in [4.78, 5) is 13.7. The van der Waals surface area contributed by atoms with Crippen LogP contribution in [0.1, 0.15) is 10.4 Å². The first-order chi connectivity index (χ1) is 7.02. The van der Waals surface area contributed by atoms with Crippen LogP contribution in [-0.4, -0.2) is 29.1 Å². The van der Waals surface area contributed by atoms with Crippen molar-refractivity contribution in [3.63, 3.8) is 0 Å². The molecule has 15 heavy (non-hydrogen) atoms.